The van der Waals surface area contributed by atoms with E-state index in [1.165, 1.54) is 0 Å². The third kappa shape index (κ3) is 3.20. The second-order valence-corrected chi connectivity index (χ2v) is 4.45. The van der Waals surface area contributed by atoms with E-state index >= 15 is 0 Å². The Morgan fingerprint density at radius 3 is 2.88 bits per heavy atom. The van der Waals surface area contributed by atoms with E-state index in [9.17, 15) is 9.59 Å². The molecule has 1 aromatic rings. The van der Waals surface area contributed by atoms with E-state index in [2.05, 4.69) is 26.2 Å². The lowest BCUT2D eigenvalue weighted by Gasteiger charge is -2.05. The maximum absolute atomic E-state index is 11.7. The van der Waals surface area contributed by atoms with Crippen molar-refractivity contribution in [3.63, 3.8) is 0 Å². The maximum Gasteiger partial charge on any atom is 0.261 e. The van der Waals surface area contributed by atoms with Crippen LogP contribution < -0.4 is 10.9 Å². The van der Waals surface area contributed by atoms with Gasteiger partial charge >= 0.3 is 0 Å². The monoisotopic (exact) mass is 286 g/mol. The van der Waals surface area contributed by atoms with Crippen molar-refractivity contribution in [1.82, 2.24) is 10.3 Å². The molecule has 0 fully saturated rings. The average Bonchev–Trinajstić information content (AvgIpc) is 2.23. The molecule has 0 spiro atoms. The summed E-state index contributed by atoms with van der Waals surface area (Å²) in [7, 11) is 0. The van der Waals surface area contributed by atoms with Gasteiger partial charge in [-0.2, -0.15) is 0 Å². The molecule has 5 heteroatoms. The number of hydrogen-bond donors (Lipinski definition) is 2. The number of aromatic nitrogens is 1. The molecule has 0 aliphatic heterocycles. The van der Waals surface area contributed by atoms with E-state index in [0.29, 0.717) is 6.54 Å². The Morgan fingerprint density at radius 2 is 2.25 bits per heavy atom. The number of rotatable bonds is 4. The van der Waals surface area contributed by atoms with Gasteiger partial charge in [0.2, 0.25) is 0 Å². The molecule has 4 nitrogen and oxygen atoms in total. The molecule has 1 rings (SSSR count). The van der Waals surface area contributed by atoms with Crippen LogP contribution in [0.1, 0.15) is 35.8 Å². The first-order chi connectivity index (χ1) is 7.56. The first-order valence-corrected chi connectivity index (χ1v) is 6.03. The van der Waals surface area contributed by atoms with Gasteiger partial charge in [-0.05, 0) is 35.3 Å². The Labute approximate surface area is 103 Å². The summed E-state index contributed by atoms with van der Waals surface area (Å²) in [4.78, 5) is 25.8. The van der Waals surface area contributed by atoms with Crippen LogP contribution in [0.15, 0.2) is 15.3 Å². The zero-order valence-electron chi connectivity index (χ0n) is 9.39. The van der Waals surface area contributed by atoms with Crippen LogP contribution >= 0.6 is 15.9 Å². The highest BCUT2D eigenvalue weighted by molar-refractivity contribution is 9.10. The van der Waals surface area contributed by atoms with Crippen molar-refractivity contribution in [3.05, 3.63) is 32.2 Å². The van der Waals surface area contributed by atoms with Crippen molar-refractivity contribution in [1.29, 1.82) is 0 Å². The summed E-state index contributed by atoms with van der Waals surface area (Å²) in [6, 6.07) is 1.55. The number of aryl methyl sites for hydroxylation is 1. The highest BCUT2D eigenvalue weighted by Gasteiger charge is 2.11. The molecule has 0 radical (unpaired) electrons. The van der Waals surface area contributed by atoms with Crippen LogP contribution in [0.2, 0.25) is 0 Å². The fourth-order valence-electron chi connectivity index (χ4n) is 1.24. The van der Waals surface area contributed by atoms with Gasteiger partial charge in [0.25, 0.3) is 11.5 Å². The SMILES string of the molecule is CCCCNC(=O)c1cc(Br)c(C)[nH]c1=O. The smallest absolute Gasteiger partial charge is 0.261 e. The van der Waals surface area contributed by atoms with Crippen molar-refractivity contribution in [2.75, 3.05) is 6.54 Å². The minimum atomic E-state index is -0.352. The lowest BCUT2D eigenvalue weighted by Crippen LogP contribution is -2.30. The fraction of sp³-hybridized carbons (Fsp3) is 0.455. The minimum absolute atomic E-state index is 0.147. The van der Waals surface area contributed by atoms with Gasteiger partial charge < -0.3 is 10.3 Å². The number of pyridine rings is 1. The highest BCUT2D eigenvalue weighted by Crippen LogP contribution is 2.12. The Bertz CT molecular complexity index is 440. The van der Waals surface area contributed by atoms with Crippen LogP contribution in [-0.4, -0.2) is 17.4 Å². The van der Waals surface area contributed by atoms with Gasteiger partial charge in [0.1, 0.15) is 5.56 Å². The van der Waals surface area contributed by atoms with Crippen LogP contribution in [-0.2, 0) is 0 Å². The van der Waals surface area contributed by atoms with E-state index in [1.807, 2.05) is 6.92 Å². The standard InChI is InChI=1S/C11H15BrN2O2/c1-3-4-5-13-10(15)8-6-9(12)7(2)14-11(8)16/h6H,3-5H2,1-2H3,(H,13,15)(H,14,16). The van der Waals surface area contributed by atoms with Crippen LogP contribution in [0.4, 0.5) is 0 Å². The second kappa shape index (κ2) is 5.84. The van der Waals surface area contributed by atoms with E-state index in [1.54, 1.807) is 13.0 Å². The zero-order valence-corrected chi connectivity index (χ0v) is 11.0. The summed E-state index contributed by atoms with van der Waals surface area (Å²) in [6.45, 7) is 4.41. The molecule has 0 unspecified atom stereocenters. The van der Waals surface area contributed by atoms with E-state index < -0.39 is 0 Å². The lowest BCUT2D eigenvalue weighted by atomic mass is 10.2. The van der Waals surface area contributed by atoms with E-state index in [0.717, 1.165) is 23.0 Å². The molecular weight excluding hydrogens is 272 g/mol. The Kier molecular flexibility index (Phi) is 4.73. The van der Waals surface area contributed by atoms with Crippen molar-refractivity contribution in [2.24, 2.45) is 0 Å². The van der Waals surface area contributed by atoms with Gasteiger partial charge in [0.05, 0.1) is 0 Å². The Hall–Kier alpha value is -1.10. The van der Waals surface area contributed by atoms with Gasteiger partial charge in [-0.3, -0.25) is 9.59 Å². The average molecular weight is 287 g/mol. The van der Waals surface area contributed by atoms with Gasteiger partial charge in [0, 0.05) is 16.7 Å². The number of unbranched alkanes of at least 4 members (excludes halogenated alkanes) is 1. The first kappa shape index (κ1) is 13.0. The van der Waals surface area contributed by atoms with Gasteiger partial charge in [-0.25, -0.2) is 0 Å². The molecule has 0 saturated heterocycles. The van der Waals surface area contributed by atoms with Crippen LogP contribution in [0.3, 0.4) is 0 Å². The number of amides is 1. The number of H-pyrrole nitrogens is 1. The fourth-order valence-corrected chi connectivity index (χ4v) is 1.57. The summed E-state index contributed by atoms with van der Waals surface area (Å²) in [5.74, 6) is -0.324. The summed E-state index contributed by atoms with van der Waals surface area (Å²) in [6.07, 6.45) is 1.92. The molecule has 16 heavy (non-hydrogen) atoms. The van der Waals surface area contributed by atoms with E-state index in [-0.39, 0.29) is 17.0 Å². The minimum Gasteiger partial charge on any atom is -0.352 e. The van der Waals surface area contributed by atoms with Gasteiger partial charge in [-0.15, -0.1) is 0 Å². The van der Waals surface area contributed by atoms with Crippen molar-refractivity contribution in [3.8, 4) is 0 Å². The van der Waals surface area contributed by atoms with Gasteiger partial charge in [-0.1, -0.05) is 13.3 Å². The quantitative estimate of drug-likeness (QED) is 0.832. The van der Waals surface area contributed by atoms with Crippen LogP contribution in [0.5, 0.6) is 0 Å². The largest absolute Gasteiger partial charge is 0.352 e. The zero-order chi connectivity index (χ0) is 12.1. The normalized spacial score (nSPS) is 10.2. The molecule has 2 N–H and O–H groups in total. The maximum atomic E-state index is 11.7. The third-order valence-electron chi connectivity index (χ3n) is 2.24. The number of nitrogens with one attached hydrogen (secondary N) is 2. The number of carbonyl (C=O) groups excluding carboxylic acids is 1. The number of hydrogen-bond acceptors (Lipinski definition) is 2. The molecule has 1 amide bonds. The Morgan fingerprint density at radius 1 is 1.56 bits per heavy atom. The predicted octanol–water partition coefficient (Wildman–Crippen LogP) is 1.98. The summed E-state index contributed by atoms with van der Waals surface area (Å²) < 4.78 is 0.729. The highest BCUT2D eigenvalue weighted by atomic mass is 79.9. The molecule has 0 aromatic carbocycles. The molecule has 0 aliphatic rings. The number of carbonyl (C=O) groups is 1. The molecule has 0 saturated carbocycles. The number of halogens is 1. The second-order valence-electron chi connectivity index (χ2n) is 3.59. The molecule has 0 atom stereocenters. The molecule has 88 valence electrons. The van der Waals surface area contributed by atoms with Crippen molar-refractivity contribution >= 4 is 21.8 Å². The van der Waals surface area contributed by atoms with Crippen LogP contribution in [0, 0.1) is 6.92 Å². The summed E-state index contributed by atoms with van der Waals surface area (Å²) >= 11 is 3.28. The Balaban J connectivity index is 2.84. The number of aromatic amines is 1. The van der Waals surface area contributed by atoms with E-state index in [4.69, 9.17) is 0 Å². The van der Waals surface area contributed by atoms with Crippen molar-refractivity contribution < 1.29 is 4.79 Å². The topological polar surface area (TPSA) is 62.0 Å². The molecular formula is C11H15BrN2O2. The summed E-state index contributed by atoms with van der Waals surface area (Å²) in [5.41, 5.74) is 0.512. The van der Waals surface area contributed by atoms with Crippen LogP contribution in [0.25, 0.3) is 0 Å². The lowest BCUT2D eigenvalue weighted by molar-refractivity contribution is 0.0951. The van der Waals surface area contributed by atoms with Crippen molar-refractivity contribution in [2.45, 2.75) is 26.7 Å². The molecule has 1 aromatic heterocycles. The predicted molar refractivity (Wildman–Crippen MR) is 66.7 cm³/mol. The van der Waals surface area contributed by atoms with Gasteiger partial charge in [0.15, 0.2) is 0 Å². The molecule has 0 aliphatic carbocycles. The summed E-state index contributed by atoms with van der Waals surface area (Å²) in [5, 5.41) is 2.71. The molecule has 0 bridgehead atoms. The molecule has 1 heterocycles. The first-order valence-electron chi connectivity index (χ1n) is 5.24. The third-order valence-corrected chi connectivity index (χ3v) is 3.06.